The van der Waals surface area contributed by atoms with Gasteiger partial charge in [-0.2, -0.15) is 0 Å². The van der Waals surface area contributed by atoms with E-state index in [4.69, 9.17) is 18.5 Å². The topological polar surface area (TPSA) is 125 Å². The summed E-state index contributed by atoms with van der Waals surface area (Å²) in [5, 5.41) is 0. The Kier molecular flexibility index (Phi) is 38.4. The highest BCUT2D eigenvalue weighted by Crippen LogP contribution is 2.43. The first-order chi connectivity index (χ1) is 29.4. The average molecular weight is 873 g/mol. The Labute approximate surface area is 370 Å². The summed E-state index contributed by atoms with van der Waals surface area (Å²) >= 11 is 0. The molecule has 1 N–H and O–H groups in total. The quantitative estimate of drug-likeness (QED) is 0.0122. The summed E-state index contributed by atoms with van der Waals surface area (Å²) in [5.41, 5.74) is 0. The van der Waals surface area contributed by atoms with Crippen LogP contribution < -0.4 is 0 Å². The maximum absolute atomic E-state index is 12.7. The van der Waals surface area contributed by atoms with Crippen LogP contribution in [-0.2, 0) is 37.5 Å². The van der Waals surface area contributed by atoms with Gasteiger partial charge in [0, 0.05) is 19.3 Å². The van der Waals surface area contributed by atoms with Gasteiger partial charge in [-0.25, -0.2) is 4.57 Å². The molecule has 0 radical (unpaired) electrons. The third-order valence-electron chi connectivity index (χ3n) is 9.06. The summed E-state index contributed by atoms with van der Waals surface area (Å²) in [6.45, 7) is 4.02. The Morgan fingerprint density at radius 1 is 0.557 bits per heavy atom. The van der Waals surface area contributed by atoms with E-state index < -0.39 is 32.5 Å². The van der Waals surface area contributed by atoms with Crippen LogP contribution in [0.5, 0.6) is 0 Å². The van der Waals surface area contributed by atoms with E-state index in [9.17, 15) is 23.8 Å². The lowest BCUT2D eigenvalue weighted by molar-refractivity contribution is -0.870. The van der Waals surface area contributed by atoms with E-state index in [2.05, 4.69) is 86.8 Å². The SMILES string of the molecule is CCCCC/C=C\C/C=C\C/C=C\C=C\C(=O)CCCC(=O)OC[C@H](COP(=O)(O)OCC[N+](C)(C)C)OC(=O)CCCCC/C=C\C/C=C\C/C=C\C/C=C\CCCCC. The summed E-state index contributed by atoms with van der Waals surface area (Å²) in [5.74, 6) is -1.21. The van der Waals surface area contributed by atoms with Crippen molar-refractivity contribution in [2.45, 2.75) is 155 Å². The lowest BCUT2D eigenvalue weighted by Crippen LogP contribution is -2.37. The molecule has 0 aliphatic rings. The average Bonchev–Trinajstić information content (AvgIpc) is 3.21. The maximum atomic E-state index is 12.7. The number of esters is 2. The number of rotatable bonds is 40. The summed E-state index contributed by atoms with van der Waals surface area (Å²) in [6.07, 6.45) is 50.3. The van der Waals surface area contributed by atoms with Gasteiger partial charge >= 0.3 is 19.8 Å². The normalized spacial score (nSPS) is 14.3. The molecule has 0 aromatic carbocycles. The van der Waals surface area contributed by atoms with Gasteiger partial charge in [-0.3, -0.25) is 23.4 Å². The van der Waals surface area contributed by atoms with Crippen LogP contribution in [0.15, 0.2) is 97.2 Å². The predicted molar refractivity (Wildman–Crippen MR) is 252 cm³/mol. The number of allylic oxidation sites excluding steroid dienone is 16. The van der Waals surface area contributed by atoms with Gasteiger partial charge in [0.1, 0.15) is 19.8 Å². The second-order valence-electron chi connectivity index (χ2n) is 16.1. The number of likely N-dealkylation sites (N-methyl/N-ethyl adjacent to an activating group) is 1. The molecule has 10 nitrogen and oxygen atoms in total. The third-order valence-corrected chi connectivity index (χ3v) is 10.0. The molecular formula is C50H83NO9P+. The number of hydrogen-bond donors (Lipinski definition) is 1. The molecule has 0 rings (SSSR count). The Hall–Kier alpha value is -3.40. The minimum Gasteiger partial charge on any atom is -0.462 e. The number of quaternary nitrogens is 1. The molecule has 0 aromatic rings. The second kappa shape index (κ2) is 40.7. The highest BCUT2D eigenvalue weighted by Gasteiger charge is 2.27. The molecule has 0 saturated carbocycles. The standard InChI is InChI=1S/C50H82NO9P/c1-6-8-10-12-14-16-18-20-21-22-23-24-25-27-29-31-33-35-37-41-50(54)60-48(46-59-61(55,56)58-44-43-51(3,4)5)45-57-49(53)42-38-40-47(52)39-36-34-32-30-28-26-19-17-15-13-11-9-7-2/h14-17,20-21,23-24,26-29,32,34,36,39,48H,6-13,18-19,22,25,30-31,33,35,37-38,40-46H2,1-5H3/p+1/b16-14-,17-15-,21-20-,24-23-,28-26-,29-27-,34-32-,39-36+/t48-/m1/s1. The van der Waals surface area contributed by atoms with E-state index in [1.165, 1.54) is 51.0 Å². The Morgan fingerprint density at radius 3 is 1.57 bits per heavy atom. The lowest BCUT2D eigenvalue weighted by Gasteiger charge is -2.24. The number of hydrogen-bond acceptors (Lipinski definition) is 8. The number of carbonyl (C=O) groups is 3. The van der Waals surface area contributed by atoms with Crippen molar-refractivity contribution in [3.8, 4) is 0 Å². The van der Waals surface area contributed by atoms with Crippen LogP contribution in [0.1, 0.15) is 149 Å². The van der Waals surface area contributed by atoms with Crippen LogP contribution in [0, 0.1) is 0 Å². The highest BCUT2D eigenvalue weighted by atomic mass is 31.2. The van der Waals surface area contributed by atoms with Crippen LogP contribution in [0.3, 0.4) is 0 Å². The molecule has 0 aromatic heterocycles. The van der Waals surface area contributed by atoms with Crippen LogP contribution in [0.2, 0.25) is 0 Å². The molecule has 61 heavy (non-hydrogen) atoms. The van der Waals surface area contributed by atoms with E-state index in [1.54, 1.807) is 6.08 Å². The first-order valence-corrected chi connectivity index (χ1v) is 24.4. The van der Waals surface area contributed by atoms with Gasteiger partial charge in [0.15, 0.2) is 11.9 Å². The first-order valence-electron chi connectivity index (χ1n) is 22.9. The zero-order valence-electron chi connectivity index (χ0n) is 38.6. The Morgan fingerprint density at radius 2 is 1.05 bits per heavy atom. The smallest absolute Gasteiger partial charge is 0.462 e. The number of ether oxygens (including phenoxy) is 2. The molecule has 0 spiro atoms. The zero-order valence-corrected chi connectivity index (χ0v) is 39.5. The van der Waals surface area contributed by atoms with Crippen molar-refractivity contribution in [1.82, 2.24) is 0 Å². The summed E-state index contributed by atoms with van der Waals surface area (Å²) < 4.78 is 34.1. The van der Waals surface area contributed by atoms with Crippen molar-refractivity contribution in [2.75, 3.05) is 47.5 Å². The van der Waals surface area contributed by atoms with Gasteiger partial charge in [-0.05, 0) is 89.5 Å². The van der Waals surface area contributed by atoms with Crippen LogP contribution in [0.4, 0.5) is 0 Å². The molecule has 1 unspecified atom stereocenters. The molecule has 0 fully saturated rings. The highest BCUT2D eigenvalue weighted by molar-refractivity contribution is 7.47. The van der Waals surface area contributed by atoms with Gasteiger partial charge in [-0.15, -0.1) is 0 Å². The van der Waals surface area contributed by atoms with Crippen molar-refractivity contribution >= 4 is 25.5 Å². The van der Waals surface area contributed by atoms with Crippen molar-refractivity contribution in [3.63, 3.8) is 0 Å². The summed E-state index contributed by atoms with van der Waals surface area (Å²) in [6, 6.07) is 0. The van der Waals surface area contributed by atoms with E-state index in [1.807, 2.05) is 33.3 Å². The van der Waals surface area contributed by atoms with Crippen LogP contribution >= 0.6 is 7.82 Å². The molecular weight excluding hydrogens is 790 g/mol. The number of phosphoric ester groups is 1. The zero-order chi connectivity index (χ0) is 45.1. The Bertz CT molecular complexity index is 1420. The minimum absolute atomic E-state index is 0.0130. The molecule has 0 saturated heterocycles. The molecule has 11 heteroatoms. The summed E-state index contributed by atoms with van der Waals surface area (Å²) in [7, 11) is 1.31. The van der Waals surface area contributed by atoms with Gasteiger partial charge < -0.3 is 18.9 Å². The molecule has 0 amide bonds. The van der Waals surface area contributed by atoms with E-state index >= 15 is 0 Å². The Balaban J connectivity index is 4.61. The molecule has 346 valence electrons. The lowest BCUT2D eigenvalue weighted by atomic mass is 10.1. The monoisotopic (exact) mass is 873 g/mol. The molecule has 0 heterocycles. The predicted octanol–water partition coefficient (Wildman–Crippen LogP) is 12.5. The third kappa shape index (κ3) is 44.5. The van der Waals surface area contributed by atoms with Crippen LogP contribution in [0.25, 0.3) is 0 Å². The van der Waals surface area contributed by atoms with E-state index in [-0.39, 0.29) is 44.7 Å². The fourth-order valence-corrected chi connectivity index (χ4v) is 6.16. The van der Waals surface area contributed by atoms with Gasteiger partial charge in [0.25, 0.3) is 0 Å². The van der Waals surface area contributed by atoms with Gasteiger partial charge in [0.2, 0.25) is 0 Å². The maximum Gasteiger partial charge on any atom is 0.472 e. The largest absolute Gasteiger partial charge is 0.472 e. The fourth-order valence-electron chi connectivity index (χ4n) is 5.42. The van der Waals surface area contributed by atoms with Crippen molar-refractivity contribution in [3.05, 3.63) is 97.2 Å². The first kappa shape index (κ1) is 57.6. The number of unbranched alkanes of at least 4 members (excludes halogenated alkanes) is 9. The molecule has 0 bridgehead atoms. The number of carbonyl (C=O) groups excluding carboxylic acids is 3. The summed E-state index contributed by atoms with van der Waals surface area (Å²) in [4.78, 5) is 47.6. The van der Waals surface area contributed by atoms with Crippen molar-refractivity contribution < 1.29 is 46.8 Å². The molecule has 2 atom stereocenters. The number of phosphoric acid groups is 1. The second-order valence-corrected chi connectivity index (χ2v) is 17.6. The number of ketones is 1. The fraction of sp³-hybridized carbons (Fsp3) is 0.620. The van der Waals surface area contributed by atoms with Crippen molar-refractivity contribution in [2.24, 2.45) is 0 Å². The molecule has 0 aliphatic heterocycles. The van der Waals surface area contributed by atoms with E-state index in [0.29, 0.717) is 17.4 Å². The van der Waals surface area contributed by atoms with Gasteiger partial charge in [-0.1, -0.05) is 137 Å². The minimum atomic E-state index is -4.45. The van der Waals surface area contributed by atoms with Gasteiger partial charge in [0.05, 0.1) is 27.7 Å². The van der Waals surface area contributed by atoms with Crippen LogP contribution in [-0.4, -0.2) is 80.7 Å². The van der Waals surface area contributed by atoms with Crippen molar-refractivity contribution in [1.29, 1.82) is 0 Å². The molecule has 0 aliphatic carbocycles. The number of nitrogens with zero attached hydrogens (tertiary/aromatic N) is 1. The van der Waals surface area contributed by atoms with E-state index in [0.717, 1.165) is 57.8 Å².